The van der Waals surface area contributed by atoms with Crippen molar-refractivity contribution in [2.24, 2.45) is 0 Å². The summed E-state index contributed by atoms with van der Waals surface area (Å²) in [5, 5.41) is 0. The molecule has 0 fully saturated rings. The average molecular weight is 802 g/mol. The Hall–Kier alpha value is -6.44. The van der Waals surface area contributed by atoms with Crippen LogP contribution < -0.4 is 4.90 Å². The fourth-order valence-electron chi connectivity index (χ4n) is 11.6. The van der Waals surface area contributed by atoms with Crippen LogP contribution in [0.5, 0.6) is 0 Å². The van der Waals surface area contributed by atoms with Crippen molar-refractivity contribution in [2.45, 2.75) is 82.5 Å². The Balaban J connectivity index is 1.20. The first kappa shape index (κ1) is 38.5. The summed E-state index contributed by atoms with van der Waals surface area (Å²) < 4.78 is 0. The van der Waals surface area contributed by atoms with E-state index < -0.39 is 5.41 Å². The van der Waals surface area contributed by atoms with Crippen molar-refractivity contribution in [3.63, 3.8) is 0 Å². The van der Waals surface area contributed by atoms with Crippen LogP contribution in [0.15, 0.2) is 188 Å². The molecule has 8 aromatic rings. The molecular weight excluding hydrogens is 747 g/mol. The number of para-hydroxylation sites is 1. The maximum Gasteiger partial charge on any atom is 0.0714 e. The molecule has 0 amide bonds. The Labute approximate surface area is 368 Å². The lowest BCUT2D eigenvalue weighted by Crippen LogP contribution is -2.34. The number of hydrogen-bond donors (Lipinski definition) is 0. The molecule has 1 heteroatoms. The molecule has 0 aliphatic heterocycles. The molecule has 3 aliphatic rings. The summed E-state index contributed by atoms with van der Waals surface area (Å²) in [6.45, 7) is 9.74. The smallest absolute Gasteiger partial charge is 0.0714 e. The van der Waals surface area contributed by atoms with Gasteiger partial charge in [-0.15, -0.1) is 0 Å². The van der Waals surface area contributed by atoms with Crippen LogP contribution in [-0.4, -0.2) is 0 Å². The molecule has 62 heavy (non-hydrogen) atoms. The minimum Gasteiger partial charge on any atom is -0.310 e. The number of nitrogens with zero attached hydrogens (tertiary/aromatic N) is 1. The van der Waals surface area contributed by atoms with E-state index in [1.807, 2.05) is 0 Å². The molecule has 11 rings (SSSR count). The first-order chi connectivity index (χ1) is 30.3. The van der Waals surface area contributed by atoms with Crippen molar-refractivity contribution in [2.75, 3.05) is 4.90 Å². The zero-order chi connectivity index (χ0) is 42.1. The van der Waals surface area contributed by atoms with Crippen molar-refractivity contribution in [1.82, 2.24) is 0 Å². The van der Waals surface area contributed by atoms with Crippen molar-refractivity contribution < 1.29 is 0 Å². The van der Waals surface area contributed by atoms with Gasteiger partial charge in [0.2, 0.25) is 0 Å². The van der Waals surface area contributed by atoms with Gasteiger partial charge in [0.15, 0.2) is 0 Å². The standard InChI is InChI=1S/C61H55N/c1-59(2)38-39-60(3,4)58-49(30-19-32-54(58)59)43-34-36-44(37-35-43)51-40-52-50-29-16-17-31-53(50)61(45-22-8-5-9-23-45,46-24-10-6-11-25-46)55(52)41-57(51)62(47-26-12-7-13-27-47)56-33-18-21-42-20-14-15-28-48(42)56/h5-13,16-19,21-27,29-37,40-41H,14-15,20,28,38-39H2,1-4H3. The van der Waals surface area contributed by atoms with E-state index in [1.54, 1.807) is 0 Å². The molecule has 0 N–H and O–H groups in total. The van der Waals surface area contributed by atoms with Gasteiger partial charge in [0.25, 0.3) is 0 Å². The molecular formula is C61H55N. The van der Waals surface area contributed by atoms with Gasteiger partial charge in [-0.3, -0.25) is 0 Å². The van der Waals surface area contributed by atoms with Crippen LogP contribution in [0.2, 0.25) is 0 Å². The SMILES string of the molecule is CC1(C)CCC(C)(C)c2c(-c3ccc(-c4cc5c(cc4N(c4ccccc4)c4cccc6c4CCCC6)C(c4ccccc4)(c4ccccc4)c4ccccc4-5)cc3)cccc21. The fraction of sp³-hybridized carbons (Fsp3) is 0.213. The molecule has 0 saturated heterocycles. The summed E-state index contributed by atoms with van der Waals surface area (Å²) in [7, 11) is 0. The van der Waals surface area contributed by atoms with E-state index in [-0.39, 0.29) is 10.8 Å². The molecule has 304 valence electrons. The van der Waals surface area contributed by atoms with E-state index in [0.717, 1.165) is 12.8 Å². The van der Waals surface area contributed by atoms with Crippen LogP contribution in [0.25, 0.3) is 33.4 Å². The number of hydrogen-bond acceptors (Lipinski definition) is 1. The average Bonchev–Trinajstić information content (AvgIpc) is 3.61. The van der Waals surface area contributed by atoms with Crippen molar-refractivity contribution >= 4 is 17.1 Å². The van der Waals surface area contributed by atoms with Crippen LogP contribution in [0.1, 0.15) is 97.9 Å². The highest BCUT2D eigenvalue weighted by atomic mass is 15.1. The third kappa shape index (κ3) is 6.04. The topological polar surface area (TPSA) is 3.24 Å². The van der Waals surface area contributed by atoms with Gasteiger partial charge < -0.3 is 4.90 Å². The lowest BCUT2D eigenvalue weighted by Gasteiger charge is -2.43. The third-order valence-electron chi connectivity index (χ3n) is 14.8. The number of benzene rings is 8. The van der Waals surface area contributed by atoms with Gasteiger partial charge in [-0.25, -0.2) is 0 Å². The predicted octanol–water partition coefficient (Wildman–Crippen LogP) is 16.1. The van der Waals surface area contributed by atoms with E-state index in [9.17, 15) is 0 Å². The van der Waals surface area contributed by atoms with Gasteiger partial charge in [-0.1, -0.05) is 185 Å². The lowest BCUT2D eigenvalue weighted by atomic mass is 9.61. The number of anilines is 3. The van der Waals surface area contributed by atoms with E-state index in [4.69, 9.17) is 0 Å². The largest absolute Gasteiger partial charge is 0.310 e. The van der Waals surface area contributed by atoms with Gasteiger partial charge in [0.1, 0.15) is 0 Å². The summed E-state index contributed by atoms with van der Waals surface area (Å²) in [4.78, 5) is 2.59. The summed E-state index contributed by atoms with van der Waals surface area (Å²) in [6, 6.07) is 71.4. The summed E-state index contributed by atoms with van der Waals surface area (Å²) in [6.07, 6.45) is 7.06. The second-order valence-corrected chi connectivity index (χ2v) is 19.3. The van der Waals surface area contributed by atoms with Crippen molar-refractivity contribution in [3.05, 3.63) is 233 Å². The minimum atomic E-state index is -0.517. The molecule has 0 unspecified atom stereocenters. The van der Waals surface area contributed by atoms with Crippen LogP contribution in [0.3, 0.4) is 0 Å². The first-order valence-electron chi connectivity index (χ1n) is 22.9. The number of fused-ring (bicyclic) bond motifs is 5. The van der Waals surface area contributed by atoms with Crippen LogP contribution in [0.4, 0.5) is 17.1 Å². The second-order valence-electron chi connectivity index (χ2n) is 19.3. The molecule has 3 aliphatic carbocycles. The highest BCUT2D eigenvalue weighted by Gasteiger charge is 2.47. The lowest BCUT2D eigenvalue weighted by molar-refractivity contribution is 0.333. The molecule has 0 heterocycles. The number of aryl methyl sites for hydroxylation is 1. The summed E-state index contributed by atoms with van der Waals surface area (Å²) in [5.41, 5.74) is 22.3. The Morgan fingerprint density at radius 3 is 1.68 bits per heavy atom. The monoisotopic (exact) mass is 801 g/mol. The van der Waals surface area contributed by atoms with E-state index in [1.165, 1.54) is 121 Å². The van der Waals surface area contributed by atoms with Gasteiger partial charge in [-0.2, -0.15) is 0 Å². The zero-order valence-electron chi connectivity index (χ0n) is 36.6. The Morgan fingerprint density at radius 2 is 0.968 bits per heavy atom. The number of rotatable bonds is 7. The molecule has 0 bridgehead atoms. The first-order valence-corrected chi connectivity index (χ1v) is 22.9. The van der Waals surface area contributed by atoms with Crippen LogP contribution >= 0.6 is 0 Å². The maximum atomic E-state index is 2.59. The molecule has 0 spiro atoms. The summed E-state index contributed by atoms with van der Waals surface area (Å²) >= 11 is 0. The van der Waals surface area contributed by atoms with Gasteiger partial charge in [0, 0.05) is 16.9 Å². The quantitative estimate of drug-likeness (QED) is 0.155. The van der Waals surface area contributed by atoms with Crippen LogP contribution in [-0.2, 0) is 29.1 Å². The second kappa shape index (κ2) is 14.9. The molecule has 8 aromatic carbocycles. The highest BCUT2D eigenvalue weighted by Crippen LogP contribution is 2.59. The van der Waals surface area contributed by atoms with Crippen molar-refractivity contribution in [1.29, 1.82) is 0 Å². The Kier molecular flexibility index (Phi) is 9.24. The van der Waals surface area contributed by atoms with E-state index in [0.29, 0.717) is 0 Å². The highest BCUT2D eigenvalue weighted by molar-refractivity contribution is 5.97. The maximum absolute atomic E-state index is 2.59. The molecule has 0 atom stereocenters. The molecule has 1 nitrogen and oxygen atoms in total. The predicted molar refractivity (Wildman–Crippen MR) is 261 cm³/mol. The normalized spacial score (nSPS) is 16.4. The van der Waals surface area contributed by atoms with Gasteiger partial charge in [-0.05, 0) is 152 Å². The Morgan fingerprint density at radius 1 is 0.403 bits per heavy atom. The van der Waals surface area contributed by atoms with Gasteiger partial charge >= 0.3 is 0 Å². The fourth-order valence-corrected chi connectivity index (χ4v) is 11.6. The van der Waals surface area contributed by atoms with Crippen molar-refractivity contribution in [3.8, 4) is 33.4 Å². The molecule has 0 saturated carbocycles. The third-order valence-corrected chi connectivity index (χ3v) is 14.8. The molecule has 0 aromatic heterocycles. The minimum absolute atomic E-state index is 0.107. The van der Waals surface area contributed by atoms with Gasteiger partial charge in [0.05, 0.1) is 11.1 Å². The molecule has 0 radical (unpaired) electrons. The van der Waals surface area contributed by atoms with Crippen LogP contribution in [0, 0.1) is 0 Å². The van der Waals surface area contributed by atoms with E-state index >= 15 is 0 Å². The summed E-state index contributed by atoms with van der Waals surface area (Å²) in [5.74, 6) is 0. The van der Waals surface area contributed by atoms with E-state index in [2.05, 4.69) is 221 Å². The Bertz CT molecular complexity index is 2900. The zero-order valence-corrected chi connectivity index (χ0v) is 36.6.